The zero-order chi connectivity index (χ0) is 31.2. The monoisotopic (exact) mass is 615 g/mol. The van der Waals surface area contributed by atoms with Gasteiger partial charge in [-0.1, -0.05) is 13.8 Å². The zero-order valence-corrected chi connectivity index (χ0v) is 24.8. The Morgan fingerprint density at radius 2 is 1.82 bits per heavy atom. The average molecular weight is 616 g/mol. The Labute approximate surface area is 250 Å². The predicted molar refractivity (Wildman–Crippen MR) is 164 cm³/mol. The minimum atomic E-state index is -3.24. The molecule has 44 heavy (non-hydrogen) atoms. The summed E-state index contributed by atoms with van der Waals surface area (Å²) in [6.45, 7) is 3.55. The molecule has 0 unspecified atom stereocenters. The summed E-state index contributed by atoms with van der Waals surface area (Å²) in [7, 11) is -3.24. The number of aromatic nitrogens is 6. The number of nitrogens with one attached hydrogen (secondary N) is 3. The van der Waals surface area contributed by atoms with Crippen molar-refractivity contribution in [1.82, 2.24) is 30.1 Å². The fourth-order valence-corrected chi connectivity index (χ4v) is 5.51. The lowest BCUT2D eigenvalue weighted by Crippen LogP contribution is -2.17. The first-order valence-electron chi connectivity index (χ1n) is 13.7. The predicted octanol–water partition coefficient (Wildman–Crippen LogP) is 5.69. The number of rotatable bonds is 8. The van der Waals surface area contributed by atoms with Gasteiger partial charge in [-0.25, -0.2) is 22.2 Å². The van der Waals surface area contributed by atoms with Gasteiger partial charge < -0.3 is 10.3 Å². The van der Waals surface area contributed by atoms with Gasteiger partial charge in [0.1, 0.15) is 32.7 Å². The van der Waals surface area contributed by atoms with Crippen molar-refractivity contribution in [2.24, 2.45) is 5.92 Å². The standard InChI is InChI=1S/C31H27F2N7O3S/c1-16(2)31(41)36-21-13-19(14-34-15-21)22-4-5-23-25(26(22)33)29(40-39-23)30-37-24-6-8-35-27(28(24)38-30)18-10-17(11-20(32)12-18)7-9-44(3,42)43/h4-6,8,10-16H,7,9H2,1-3H3,(H,36,41)(H,37,38)(H,39,40). The number of aromatic amines is 2. The van der Waals surface area contributed by atoms with Gasteiger partial charge in [-0.3, -0.25) is 19.9 Å². The number of hydrogen-bond acceptors (Lipinski definition) is 7. The lowest BCUT2D eigenvalue weighted by atomic mass is 10.0. The SMILES string of the molecule is CC(C)C(=O)Nc1cncc(-c2ccc3[nH]nc(-c4nc5c(-c6cc(F)cc(CCS(C)(=O)=O)c6)nccc5[nH]4)c3c2F)c1. The number of sulfone groups is 1. The van der Waals surface area contributed by atoms with E-state index >= 15 is 4.39 Å². The number of carbonyl (C=O) groups is 1. The summed E-state index contributed by atoms with van der Waals surface area (Å²) < 4.78 is 54.1. The third-order valence-corrected chi connectivity index (χ3v) is 8.07. The number of benzene rings is 2. The molecule has 0 aliphatic carbocycles. The van der Waals surface area contributed by atoms with E-state index in [0.717, 1.165) is 6.26 Å². The molecule has 10 nitrogen and oxygen atoms in total. The molecule has 13 heteroatoms. The van der Waals surface area contributed by atoms with E-state index in [1.807, 2.05) is 0 Å². The molecular formula is C31H27F2N7O3S. The molecule has 0 bridgehead atoms. The maximum Gasteiger partial charge on any atom is 0.226 e. The summed E-state index contributed by atoms with van der Waals surface area (Å²) in [4.78, 5) is 28.6. The molecule has 224 valence electrons. The van der Waals surface area contributed by atoms with E-state index < -0.39 is 21.5 Å². The van der Waals surface area contributed by atoms with Crippen molar-refractivity contribution < 1.29 is 22.0 Å². The quantitative estimate of drug-likeness (QED) is 0.199. The highest BCUT2D eigenvalue weighted by molar-refractivity contribution is 7.90. The molecule has 0 aliphatic heterocycles. The van der Waals surface area contributed by atoms with Crippen LogP contribution in [0.3, 0.4) is 0 Å². The molecule has 0 atom stereocenters. The van der Waals surface area contributed by atoms with Crippen molar-refractivity contribution >= 4 is 43.4 Å². The minimum Gasteiger partial charge on any atom is -0.336 e. The third kappa shape index (κ3) is 5.78. The number of nitrogens with zero attached hydrogens (tertiary/aromatic N) is 4. The number of halogens is 2. The van der Waals surface area contributed by atoms with Crippen molar-refractivity contribution in [3.8, 4) is 33.9 Å². The minimum absolute atomic E-state index is 0.118. The van der Waals surface area contributed by atoms with Crippen molar-refractivity contribution in [2.45, 2.75) is 20.3 Å². The fraction of sp³-hybridized carbons (Fsp3) is 0.194. The molecule has 3 N–H and O–H groups in total. The number of anilines is 1. The van der Waals surface area contributed by atoms with Crippen LogP contribution in [0.15, 0.2) is 61.1 Å². The summed E-state index contributed by atoms with van der Waals surface area (Å²) in [6.07, 6.45) is 5.83. The molecule has 0 saturated carbocycles. The van der Waals surface area contributed by atoms with Gasteiger partial charge in [-0.2, -0.15) is 5.10 Å². The van der Waals surface area contributed by atoms with Crippen LogP contribution in [0.2, 0.25) is 0 Å². The molecule has 4 heterocycles. The molecule has 1 amide bonds. The zero-order valence-electron chi connectivity index (χ0n) is 23.9. The van der Waals surface area contributed by atoms with Crippen molar-refractivity contribution in [3.63, 3.8) is 0 Å². The Balaban J connectivity index is 1.41. The van der Waals surface area contributed by atoms with Gasteiger partial charge in [-0.05, 0) is 54.4 Å². The number of H-pyrrole nitrogens is 2. The Morgan fingerprint density at radius 1 is 1.00 bits per heavy atom. The first-order valence-corrected chi connectivity index (χ1v) is 15.8. The molecule has 2 aromatic carbocycles. The summed E-state index contributed by atoms with van der Waals surface area (Å²) in [5.41, 5.74) is 4.12. The van der Waals surface area contributed by atoms with Crippen molar-refractivity contribution in [2.75, 3.05) is 17.3 Å². The van der Waals surface area contributed by atoms with Gasteiger partial charge in [0, 0.05) is 41.3 Å². The van der Waals surface area contributed by atoms with E-state index in [4.69, 9.17) is 0 Å². The van der Waals surface area contributed by atoms with Gasteiger partial charge in [-0.15, -0.1) is 0 Å². The first-order chi connectivity index (χ1) is 21.0. The van der Waals surface area contributed by atoms with E-state index in [1.165, 1.54) is 24.5 Å². The molecule has 0 fully saturated rings. The lowest BCUT2D eigenvalue weighted by Gasteiger charge is -2.10. The Kier molecular flexibility index (Phi) is 7.41. The second-order valence-corrected chi connectivity index (χ2v) is 13.2. The van der Waals surface area contributed by atoms with Crippen LogP contribution in [0, 0.1) is 17.6 Å². The smallest absolute Gasteiger partial charge is 0.226 e. The Morgan fingerprint density at radius 3 is 2.59 bits per heavy atom. The third-order valence-electron chi connectivity index (χ3n) is 7.13. The van der Waals surface area contributed by atoms with Gasteiger partial charge in [0.25, 0.3) is 0 Å². The second kappa shape index (κ2) is 11.2. The van der Waals surface area contributed by atoms with E-state index in [2.05, 4.69) is 35.5 Å². The summed E-state index contributed by atoms with van der Waals surface area (Å²) >= 11 is 0. The van der Waals surface area contributed by atoms with Crippen LogP contribution in [0.5, 0.6) is 0 Å². The summed E-state index contributed by atoms with van der Waals surface area (Å²) in [5, 5.41) is 10.2. The highest BCUT2D eigenvalue weighted by Gasteiger charge is 2.21. The number of carbonyl (C=O) groups excluding carboxylic acids is 1. The number of aryl methyl sites for hydroxylation is 1. The maximum absolute atomic E-state index is 16.2. The van der Waals surface area contributed by atoms with Crippen LogP contribution < -0.4 is 5.32 Å². The fourth-order valence-electron chi connectivity index (χ4n) is 4.90. The number of fused-ring (bicyclic) bond motifs is 2. The van der Waals surface area contributed by atoms with Crippen LogP contribution in [0.1, 0.15) is 19.4 Å². The van der Waals surface area contributed by atoms with Gasteiger partial charge in [0.15, 0.2) is 5.82 Å². The van der Waals surface area contributed by atoms with Gasteiger partial charge in [0.05, 0.1) is 39.8 Å². The Hall–Kier alpha value is -5.04. The molecule has 6 aromatic rings. The van der Waals surface area contributed by atoms with E-state index in [-0.39, 0.29) is 46.5 Å². The van der Waals surface area contributed by atoms with Crippen LogP contribution in [-0.4, -0.2) is 56.5 Å². The molecule has 4 aromatic heterocycles. The normalized spacial score (nSPS) is 12.0. The van der Waals surface area contributed by atoms with Crippen LogP contribution in [0.4, 0.5) is 14.5 Å². The first kappa shape index (κ1) is 29.1. The van der Waals surface area contributed by atoms with Crippen molar-refractivity contribution in [1.29, 1.82) is 0 Å². The van der Waals surface area contributed by atoms with Crippen LogP contribution in [-0.2, 0) is 21.1 Å². The van der Waals surface area contributed by atoms with Crippen molar-refractivity contribution in [3.05, 3.63) is 78.3 Å². The summed E-state index contributed by atoms with van der Waals surface area (Å²) in [5.74, 6) is -1.36. The molecule has 6 rings (SSSR count). The number of amides is 1. The largest absolute Gasteiger partial charge is 0.336 e. The summed E-state index contributed by atoms with van der Waals surface area (Å²) in [6, 6.07) is 10.9. The second-order valence-electron chi connectivity index (χ2n) is 10.9. The topological polar surface area (TPSA) is 146 Å². The molecule has 0 radical (unpaired) electrons. The lowest BCUT2D eigenvalue weighted by molar-refractivity contribution is -0.118. The molecule has 0 spiro atoms. The Bertz CT molecular complexity index is 2170. The van der Waals surface area contributed by atoms with Gasteiger partial charge >= 0.3 is 0 Å². The van der Waals surface area contributed by atoms with E-state index in [1.54, 1.807) is 50.4 Å². The maximum atomic E-state index is 16.2. The molecule has 0 aliphatic rings. The van der Waals surface area contributed by atoms with E-state index in [0.29, 0.717) is 44.6 Å². The van der Waals surface area contributed by atoms with Crippen LogP contribution in [0.25, 0.3) is 55.8 Å². The molecular weight excluding hydrogens is 588 g/mol. The highest BCUT2D eigenvalue weighted by atomic mass is 32.2. The van der Waals surface area contributed by atoms with E-state index in [9.17, 15) is 17.6 Å². The van der Waals surface area contributed by atoms with Gasteiger partial charge in [0.2, 0.25) is 5.91 Å². The number of pyridine rings is 2. The number of hydrogen-bond donors (Lipinski definition) is 3. The average Bonchev–Trinajstić information content (AvgIpc) is 3.60. The molecule has 0 saturated heterocycles. The van der Waals surface area contributed by atoms with Crippen LogP contribution >= 0.6 is 0 Å². The number of imidazole rings is 1. The highest BCUT2D eigenvalue weighted by Crippen LogP contribution is 2.35.